The fourth-order valence-electron chi connectivity index (χ4n) is 3.40. The number of hydrogen-bond acceptors (Lipinski definition) is 3. The molecule has 2 N–H and O–H groups in total. The standard InChI is InChI=1S/C17H32N4O2.ClH/c1-13(2)10-19-17(23)20-7-4-5-15(12-20)9-16(22)21-8-6-18-11-14(21)3;/h13-15,18H,4-12H2,1-3H3,(H,19,23);1H/t14-,15?;/m1./s1. The van der Waals surface area contributed by atoms with Crippen LogP contribution in [0.3, 0.4) is 0 Å². The Labute approximate surface area is 152 Å². The van der Waals surface area contributed by atoms with Crippen molar-refractivity contribution in [1.29, 1.82) is 0 Å². The minimum absolute atomic E-state index is 0. The molecule has 2 heterocycles. The first kappa shape index (κ1) is 21.0. The van der Waals surface area contributed by atoms with Gasteiger partial charge in [0, 0.05) is 51.7 Å². The van der Waals surface area contributed by atoms with Gasteiger partial charge in [-0.05, 0) is 31.6 Å². The van der Waals surface area contributed by atoms with Crippen molar-refractivity contribution in [2.45, 2.75) is 46.1 Å². The van der Waals surface area contributed by atoms with Crippen LogP contribution in [0.2, 0.25) is 0 Å². The van der Waals surface area contributed by atoms with Crippen molar-refractivity contribution in [2.24, 2.45) is 11.8 Å². The number of nitrogens with zero attached hydrogens (tertiary/aromatic N) is 2. The monoisotopic (exact) mass is 360 g/mol. The lowest BCUT2D eigenvalue weighted by Gasteiger charge is -2.37. The van der Waals surface area contributed by atoms with E-state index >= 15 is 0 Å². The number of hydrogen-bond donors (Lipinski definition) is 2. The van der Waals surface area contributed by atoms with Crippen LogP contribution in [0.4, 0.5) is 4.79 Å². The number of rotatable bonds is 4. The quantitative estimate of drug-likeness (QED) is 0.802. The van der Waals surface area contributed by atoms with E-state index in [9.17, 15) is 9.59 Å². The Morgan fingerprint density at radius 1 is 1.29 bits per heavy atom. The zero-order valence-corrected chi connectivity index (χ0v) is 16.0. The van der Waals surface area contributed by atoms with Gasteiger partial charge in [0.05, 0.1) is 0 Å². The second-order valence-electron chi connectivity index (χ2n) is 7.38. The fourth-order valence-corrected chi connectivity index (χ4v) is 3.40. The van der Waals surface area contributed by atoms with E-state index in [2.05, 4.69) is 31.4 Å². The molecule has 2 atom stereocenters. The molecular weight excluding hydrogens is 328 g/mol. The van der Waals surface area contributed by atoms with Gasteiger partial charge in [-0.25, -0.2) is 4.79 Å². The number of carbonyl (C=O) groups is 2. The third-order valence-electron chi connectivity index (χ3n) is 4.75. The Hall–Kier alpha value is -1.01. The van der Waals surface area contributed by atoms with Crippen molar-refractivity contribution in [3.63, 3.8) is 0 Å². The third-order valence-corrected chi connectivity index (χ3v) is 4.75. The molecule has 3 amide bonds. The van der Waals surface area contributed by atoms with Crippen LogP contribution in [-0.4, -0.2) is 67.0 Å². The summed E-state index contributed by atoms with van der Waals surface area (Å²) in [6, 6.07) is 0.289. The number of carbonyl (C=O) groups excluding carboxylic acids is 2. The molecule has 0 aromatic rings. The number of amides is 3. The van der Waals surface area contributed by atoms with E-state index in [1.165, 1.54) is 0 Å². The van der Waals surface area contributed by atoms with Crippen molar-refractivity contribution in [1.82, 2.24) is 20.4 Å². The Bertz CT molecular complexity index is 419. The molecule has 1 unspecified atom stereocenters. The largest absolute Gasteiger partial charge is 0.338 e. The molecule has 0 spiro atoms. The summed E-state index contributed by atoms with van der Waals surface area (Å²) in [6.07, 6.45) is 2.60. The SMILES string of the molecule is CC(C)CNC(=O)N1CCCC(CC(=O)N2CCNC[C@H]2C)C1.Cl. The van der Waals surface area contributed by atoms with Crippen LogP contribution in [0, 0.1) is 11.8 Å². The molecular formula is C17H33ClN4O2. The molecule has 140 valence electrons. The molecule has 0 saturated carbocycles. The van der Waals surface area contributed by atoms with E-state index in [1.54, 1.807) is 0 Å². The van der Waals surface area contributed by atoms with Crippen LogP contribution in [0.15, 0.2) is 0 Å². The summed E-state index contributed by atoms with van der Waals surface area (Å²) in [6.45, 7) is 11.0. The maximum Gasteiger partial charge on any atom is 0.317 e. The van der Waals surface area contributed by atoms with Crippen molar-refractivity contribution in [3.8, 4) is 0 Å². The highest BCUT2D eigenvalue weighted by Gasteiger charge is 2.29. The molecule has 2 aliphatic rings. The van der Waals surface area contributed by atoms with Crippen LogP contribution in [0.1, 0.15) is 40.0 Å². The van der Waals surface area contributed by atoms with Gasteiger partial charge in [-0.3, -0.25) is 4.79 Å². The molecule has 2 aliphatic heterocycles. The molecule has 0 aromatic carbocycles. The zero-order chi connectivity index (χ0) is 16.8. The number of halogens is 1. The fraction of sp³-hybridized carbons (Fsp3) is 0.882. The van der Waals surface area contributed by atoms with Crippen LogP contribution in [-0.2, 0) is 4.79 Å². The maximum absolute atomic E-state index is 12.5. The van der Waals surface area contributed by atoms with Crippen molar-refractivity contribution in [3.05, 3.63) is 0 Å². The number of urea groups is 1. The van der Waals surface area contributed by atoms with Gasteiger partial charge in [-0.1, -0.05) is 13.8 Å². The highest BCUT2D eigenvalue weighted by molar-refractivity contribution is 5.85. The first-order valence-corrected chi connectivity index (χ1v) is 9.00. The van der Waals surface area contributed by atoms with Gasteiger partial charge in [-0.15, -0.1) is 12.4 Å². The zero-order valence-electron chi connectivity index (χ0n) is 15.2. The molecule has 2 saturated heterocycles. The first-order valence-electron chi connectivity index (χ1n) is 9.00. The molecule has 24 heavy (non-hydrogen) atoms. The van der Waals surface area contributed by atoms with E-state index in [4.69, 9.17) is 0 Å². The molecule has 2 fully saturated rings. The molecule has 0 radical (unpaired) electrons. The summed E-state index contributed by atoms with van der Waals surface area (Å²) in [5, 5.41) is 6.29. The highest BCUT2D eigenvalue weighted by Crippen LogP contribution is 2.21. The van der Waals surface area contributed by atoms with Gasteiger partial charge in [0.2, 0.25) is 5.91 Å². The van der Waals surface area contributed by atoms with E-state index < -0.39 is 0 Å². The predicted octanol–water partition coefficient (Wildman–Crippen LogP) is 1.70. The van der Waals surface area contributed by atoms with Crippen molar-refractivity contribution >= 4 is 24.3 Å². The molecule has 2 rings (SSSR count). The van der Waals surface area contributed by atoms with Gasteiger partial charge in [0.15, 0.2) is 0 Å². The highest BCUT2D eigenvalue weighted by atomic mass is 35.5. The lowest BCUT2D eigenvalue weighted by molar-refractivity contribution is -0.135. The minimum Gasteiger partial charge on any atom is -0.338 e. The average molecular weight is 361 g/mol. The first-order chi connectivity index (χ1) is 11.0. The van der Waals surface area contributed by atoms with Crippen LogP contribution in [0.5, 0.6) is 0 Å². The smallest absolute Gasteiger partial charge is 0.317 e. The van der Waals surface area contributed by atoms with Gasteiger partial charge in [0.25, 0.3) is 0 Å². The van der Waals surface area contributed by atoms with Gasteiger partial charge < -0.3 is 20.4 Å². The van der Waals surface area contributed by atoms with Crippen LogP contribution < -0.4 is 10.6 Å². The summed E-state index contributed by atoms with van der Waals surface area (Å²) in [4.78, 5) is 28.6. The Morgan fingerprint density at radius 2 is 2.04 bits per heavy atom. The molecule has 6 nitrogen and oxygen atoms in total. The summed E-state index contributed by atoms with van der Waals surface area (Å²) in [5.41, 5.74) is 0. The van der Waals surface area contributed by atoms with Gasteiger partial charge in [0.1, 0.15) is 0 Å². The normalized spacial score (nSPS) is 24.5. The molecule has 0 aliphatic carbocycles. The number of piperazine rings is 1. The molecule has 0 aromatic heterocycles. The van der Waals surface area contributed by atoms with Crippen molar-refractivity contribution in [2.75, 3.05) is 39.3 Å². The van der Waals surface area contributed by atoms with E-state index in [0.29, 0.717) is 31.3 Å². The average Bonchev–Trinajstić information content (AvgIpc) is 2.53. The predicted molar refractivity (Wildman–Crippen MR) is 98.4 cm³/mol. The minimum atomic E-state index is 0. The summed E-state index contributed by atoms with van der Waals surface area (Å²) < 4.78 is 0. The number of likely N-dealkylation sites (tertiary alicyclic amines) is 1. The van der Waals surface area contributed by atoms with Crippen LogP contribution in [0.25, 0.3) is 0 Å². The Balaban J connectivity index is 0.00000288. The molecule has 0 bridgehead atoms. The number of nitrogens with one attached hydrogen (secondary N) is 2. The maximum atomic E-state index is 12.5. The number of piperidine rings is 1. The van der Waals surface area contributed by atoms with Crippen LogP contribution >= 0.6 is 12.4 Å². The Kier molecular flexibility index (Phi) is 8.84. The topological polar surface area (TPSA) is 64.7 Å². The lowest BCUT2D eigenvalue weighted by Crippen LogP contribution is -2.53. The second kappa shape index (κ2) is 10.1. The summed E-state index contributed by atoms with van der Waals surface area (Å²) in [7, 11) is 0. The van der Waals surface area contributed by atoms with E-state index in [0.717, 1.165) is 39.0 Å². The van der Waals surface area contributed by atoms with Gasteiger partial charge >= 0.3 is 6.03 Å². The Morgan fingerprint density at radius 3 is 2.71 bits per heavy atom. The lowest BCUT2D eigenvalue weighted by atomic mass is 9.94. The van der Waals surface area contributed by atoms with Gasteiger partial charge in [-0.2, -0.15) is 0 Å². The van der Waals surface area contributed by atoms with E-state index in [-0.39, 0.29) is 30.4 Å². The summed E-state index contributed by atoms with van der Waals surface area (Å²) in [5.74, 6) is 0.992. The van der Waals surface area contributed by atoms with E-state index in [1.807, 2.05) is 9.80 Å². The van der Waals surface area contributed by atoms with Crippen molar-refractivity contribution < 1.29 is 9.59 Å². The molecule has 7 heteroatoms. The summed E-state index contributed by atoms with van der Waals surface area (Å²) >= 11 is 0. The second-order valence-corrected chi connectivity index (χ2v) is 7.38. The third kappa shape index (κ3) is 6.13.